The van der Waals surface area contributed by atoms with Crippen LogP contribution in [0.3, 0.4) is 0 Å². The van der Waals surface area contributed by atoms with E-state index in [9.17, 15) is 9.59 Å². The molecule has 3 aromatic carbocycles. The van der Waals surface area contributed by atoms with Crippen molar-refractivity contribution in [3.63, 3.8) is 0 Å². The largest absolute Gasteiger partial charge is 0.383 e. The first-order chi connectivity index (χ1) is 19.0. The number of methoxy groups -OCH3 is 1. The van der Waals surface area contributed by atoms with Crippen LogP contribution >= 0.6 is 11.8 Å². The topological polar surface area (TPSA) is 76.5 Å². The minimum atomic E-state index is -0.246. The molecule has 8 heteroatoms. The smallest absolute Gasteiger partial charge is 0.240 e. The lowest BCUT2D eigenvalue weighted by molar-refractivity contribution is -0.123. The lowest BCUT2D eigenvalue weighted by Crippen LogP contribution is -2.43. The monoisotopic (exact) mass is 540 g/mol. The van der Waals surface area contributed by atoms with E-state index in [1.54, 1.807) is 23.8 Å². The fraction of sp³-hybridized carbons (Fsp3) is 0.258. The Hall–Kier alpha value is -3.88. The van der Waals surface area contributed by atoms with E-state index in [1.165, 1.54) is 0 Å². The van der Waals surface area contributed by atoms with Gasteiger partial charge in [-0.05, 0) is 36.6 Å². The molecule has 0 bridgehead atoms. The predicted molar refractivity (Wildman–Crippen MR) is 156 cm³/mol. The van der Waals surface area contributed by atoms with Gasteiger partial charge in [0.15, 0.2) is 0 Å². The first-order valence-electron chi connectivity index (χ1n) is 13.0. The fourth-order valence-electron chi connectivity index (χ4n) is 4.92. The van der Waals surface area contributed by atoms with E-state index >= 15 is 0 Å². The highest BCUT2D eigenvalue weighted by Crippen LogP contribution is 2.49. The SMILES string of the molecule is COCCNC(=O)CN1C(=O)CSC(c2ccccc2C)c2c(-c3ccccc3)nn(-c3ccccc3C)c21. The summed E-state index contributed by atoms with van der Waals surface area (Å²) >= 11 is 1.58. The number of carbonyl (C=O) groups is 2. The van der Waals surface area contributed by atoms with Crippen molar-refractivity contribution in [3.05, 3.63) is 101 Å². The standard InChI is InChI=1S/C31H32N4O3S/c1-21-11-7-9-15-24(21)30-28-29(23-13-5-4-6-14-23)33-35(25-16-10-8-12-22(25)2)31(28)34(27(37)20-39-30)19-26(36)32-17-18-38-3/h4-16,30H,17-20H2,1-3H3,(H,32,36). The van der Waals surface area contributed by atoms with Crippen LogP contribution in [0, 0.1) is 13.8 Å². The number of para-hydroxylation sites is 1. The van der Waals surface area contributed by atoms with Crippen LogP contribution in [-0.2, 0) is 14.3 Å². The van der Waals surface area contributed by atoms with Crippen LogP contribution in [-0.4, -0.2) is 54.2 Å². The van der Waals surface area contributed by atoms with E-state index in [0.29, 0.717) is 19.0 Å². The molecule has 4 aromatic rings. The molecule has 0 radical (unpaired) electrons. The van der Waals surface area contributed by atoms with Gasteiger partial charge >= 0.3 is 0 Å². The number of nitrogens with zero attached hydrogens (tertiary/aromatic N) is 3. The van der Waals surface area contributed by atoms with E-state index in [2.05, 4.69) is 24.4 Å². The molecule has 5 rings (SSSR count). The molecule has 1 aliphatic rings. The summed E-state index contributed by atoms with van der Waals surface area (Å²) in [7, 11) is 1.59. The van der Waals surface area contributed by atoms with Gasteiger partial charge in [0.25, 0.3) is 0 Å². The van der Waals surface area contributed by atoms with Gasteiger partial charge in [0.2, 0.25) is 11.8 Å². The molecule has 0 spiro atoms. The third-order valence-corrected chi connectivity index (χ3v) is 8.12. The van der Waals surface area contributed by atoms with Crippen LogP contribution in [0.15, 0.2) is 78.9 Å². The quantitative estimate of drug-likeness (QED) is 0.315. The maximum absolute atomic E-state index is 13.8. The normalized spacial score (nSPS) is 15.1. The number of ether oxygens (including phenoxy) is 1. The van der Waals surface area contributed by atoms with Gasteiger partial charge in [0, 0.05) is 24.8 Å². The van der Waals surface area contributed by atoms with Crippen LogP contribution in [0.4, 0.5) is 5.82 Å². The zero-order chi connectivity index (χ0) is 27.4. The Balaban J connectivity index is 1.78. The Morgan fingerprint density at radius 2 is 1.69 bits per heavy atom. The molecule has 1 atom stereocenters. The molecule has 7 nitrogen and oxygen atoms in total. The van der Waals surface area contributed by atoms with Gasteiger partial charge in [-0.15, -0.1) is 11.8 Å². The summed E-state index contributed by atoms with van der Waals surface area (Å²) < 4.78 is 6.94. The summed E-state index contributed by atoms with van der Waals surface area (Å²) in [4.78, 5) is 28.4. The van der Waals surface area contributed by atoms with Crippen molar-refractivity contribution in [2.24, 2.45) is 0 Å². The summed E-state index contributed by atoms with van der Waals surface area (Å²) in [6.07, 6.45) is 0. The number of rotatable bonds is 8. The first-order valence-corrected chi connectivity index (χ1v) is 14.0. The van der Waals surface area contributed by atoms with Crippen molar-refractivity contribution in [2.45, 2.75) is 19.1 Å². The minimum absolute atomic E-state index is 0.109. The highest BCUT2D eigenvalue weighted by molar-refractivity contribution is 8.00. The minimum Gasteiger partial charge on any atom is -0.383 e. The summed E-state index contributed by atoms with van der Waals surface area (Å²) in [5.41, 5.74) is 6.84. The second-order valence-corrected chi connectivity index (χ2v) is 10.6. The van der Waals surface area contributed by atoms with Gasteiger partial charge in [-0.3, -0.25) is 14.5 Å². The van der Waals surface area contributed by atoms with Crippen molar-refractivity contribution in [1.82, 2.24) is 15.1 Å². The Morgan fingerprint density at radius 3 is 2.41 bits per heavy atom. The van der Waals surface area contributed by atoms with Gasteiger partial charge in [0.05, 0.1) is 29.0 Å². The Morgan fingerprint density at radius 1 is 1.00 bits per heavy atom. The average molecular weight is 541 g/mol. The van der Waals surface area contributed by atoms with Gasteiger partial charge in [0.1, 0.15) is 12.4 Å². The van der Waals surface area contributed by atoms with Crippen LogP contribution in [0.2, 0.25) is 0 Å². The molecule has 2 amide bonds. The van der Waals surface area contributed by atoms with E-state index in [-0.39, 0.29) is 29.4 Å². The number of fused-ring (bicyclic) bond motifs is 1. The molecule has 0 saturated heterocycles. The second kappa shape index (κ2) is 11.9. The lowest BCUT2D eigenvalue weighted by atomic mass is 9.96. The van der Waals surface area contributed by atoms with Gasteiger partial charge in [-0.2, -0.15) is 5.10 Å². The lowest BCUT2D eigenvalue weighted by Gasteiger charge is -2.24. The van der Waals surface area contributed by atoms with Crippen molar-refractivity contribution in [3.8, 4) is 16.9 Å². The van der Waals surface area contributed by atoms with E-state index in [4.69, 9.17) is 9.84 Å². The van der Waals surface area contributed by atoms with E-state index in [0.717, 1.165) is 39.2 Å². The molecule has 0 aliphatic carbocycles. The number of amides is 2. The maximum atomic E-state index is 13.8. The van der Waals surface area contributed by atoms with Crippen LogP contribution in [0.25, 0.3) is 16.9 Å². The van der Waals surface area contributed by atoms with Crippen molar-refractivity contribution in [1.29, 1.82) is 0 Å². The summed E-state index contributed by atoms with van der Waals surface area (Å²) in [6, 6.07) is 26.3. The molecule has 200 valence electrons. The first kappa shape index (κ1) is 26.7. The zero-order valence-corrected chi connectivity index (χ0v) is 23.2. The molecule has 0 saturated carbocycles. The second-order valence-electron chi connectivity index (χ2n) is 9.52. The van der Waals surface area contributed by atoms with Gasteiger partial charge < -0.3 is 10.1 Å². The Kier molecular flexibility index (Phi) is 8.14. The Labute approximate surface area is 233 Å². The zero-order valence-electron chi connectivity index (χ0n) is 22.4. The molecule has 1 unspecified atom stereocenters. The number of nitrogens with one attached hydrogen (secondary N) is 1. The Bertz CT molecular complexity index is 1480. The highest BCUT2D eigenvalue weighted by atomic mass is 32.2. The predicted octanol–water partition coefficient (Wildman–Crippen LogP) is 5.09. The summed E-state index contributed by atoms with van der Waals surface area (Å²) in [5.74, 6) is 0.493. The van der Waals surface area contributed by atoms with Crippen LogP contribution < -0.4 is 10.2 Å². The van der Waals surface area contributed by atoms with Gasteiger partial charge in [-0.25, -0.2) is 4.68 Å². The van der Waals surface area contributed by atoms with E-state index in [1.807, 2.05) is 78.3 Å². The molecule has 1 aromatic heterocycles. The number of benzene rings is 3. The maximum Gasteiger partial charge on any atom is 0.240 e. The number of thioether (sulfide) groups is 1. The number of aromatic nitrogens is 2. The van der Waals surface area contributed by atoms with E-state index < -0.39 is 0 Å². The van der Waals surface area contributed by atoms with Crippen LogP contribution in [0.5, 0.6) is 0 Å². The summed E-state index contributed by atoms with van der Waals surface area (Å²) in [6.45, 7) is 4.78. The summed E-state index contributed by atoms with van der Waals surface area (Å²) in [5, 5.41) is 7.88. The molecule has 0 fully saturated rings. The number of anilines is 1. The van der Waals surface area contributed by atoms with Crippen molar-refractivity contribution >= 4 is 29.4 Å². The third kappa shape index (κ3) is 5.48. The molecule has 2 heterocycles. The molecule has 1 N–H and O–H groups in total. The van der Waals surface area contributed by atoms with Gasteiger partial charge in [-0.1, -0.05) is 72.8 Å². The molecular weight excluding hydrogens is 508 g/mol. The molecule has 39 heavy (non-hydrogen) atoms. The number of carbonyl (C=O) groups excluding carboxylic acids is 2. The number of hydrogen-bond donors (Lipinski definition) is 1. The number of aryl methyl sites for hydroxylation is 2. The van der Waals surface area contributed by atoms with Crippen LogP contribution in [0.1, 0.15) is 27.5 Å². The molecular formula is C31H32N4O3S. The van der Waals surface area contributed by atoms with Crippen molar-refractivity contribution < 1.29 is 14.3 Å². The molecule has 1 aliphatic heterocycles. The third-order valence-electron chi connectivity index (χ3n) is 6.88. The highest BCUT2D eigenvalue weighted by Gasteiger charge is 2.38. The van der Waals surface area contributed by atoms with Crippen molar-refractivity contribution in [2.75, 3.05) is 37.5 Å². The fourth-order valence-corrected chi connectivity index (χ4v) is 6.21. The average Bonchev–Trinajstić information content (AvgIpc) is 3.27. The number of hydrogen-bond acceptors (Lipinski definition) is 5.